The molecule has 0 aliphatic rings. The van der Waals surface area contributed by atoms with Crippen LogP contribution in [0.25, 0.3) is 10.9 Å². The van der Waals surface area contributed by atoms with E-state index in [4.69, 9.17) is 9.72 Å². The Morgan fingerprint density at radius 3 is 2.76 bits per heavy atom. The number of carbonyl (C=O) groups is 1. The highest BCUT2D eigenvalue weighted by atomic mass is 16.5. The Labute approximate surface area is 169 Å². The van der Waals surface area contributed by atoms with Crippen LogP contribution in [0.15, 0.2) is 53.5 Å². The van der Waals surface area contributed by atoms with E-state index in [9.17, 15) is 9.59 Å². The molecule has 3 aromatic rings. The number of hydrogen-bond acceptors (Lipinski definition) is 5. The lowest BCUT2D eigenvalue weighted by Gasteiger charge is -2.17. The lowest BCUT2D eigenvalue weighted by Crippen LogP contribution is -2.85. The number of rotatable bonds is 9. The quantitative estimate of drug-likeness (QED) is 0.556. The first-order chi connectivity index (χ1) is 14.1. The van der Waals surface area contributed by atoms with Crippen molar-refractivity contribution in [2.24, 2.45) is 0 Å². The fourth-order valence-electron chi connectivity index (χ4n) is 3.37. The van der Waals surface area contributed by atoms with Crippen molar-refractivity contribution in [3.8, 4) is 0 Å². The number of aromatic nitrogens is 3. The summed E-state index contributed by atoms with van der Waals surface area (Å²) in [6.07, 6.45) is 3.43. The van der Waals surface area contributed by atoms with Crippen molar-refractivity contribution in [2.75, 3.05) is 13.7 Å². The zero-order chi connectivity index (χ0) is 20.6. The average Bonchev–Trinajstić information content (AvgIpc) is 2.75. The summed E-state index contributed by atoms with van der Waals surface area (Å²) >= 11 is 0. The van der Waals surface area contributed by atoms with Gasteiger partial charge in [-0.2, -0.15) is 0 Å². The van der Waals surface area contributed by atoms with Crippen molar-refractivity contribution in [2.45, 2.75) is 38.8 Å². The Morgan fingerprint density at radius 2 is 2.00 bits per heavy atom. The molecule has 0 fully saturated rings. The van der Waals surface area contributed by atoms with Crippen LogP contribution in [0.1, 0.15) is 37.3 Å². The van der Waals surface area contributed by atoms with Crippen LogP contribution in [0.2, 0.25) is 0 Å². The van der Waals surface area contributed by atoms with Crippen molar-refractivity contribution < 1.29 is 14.8 Å². The van der Waals surface area contributed by atoms with E-state index in [1.54, 1.807) is 16.8 Å². The first kappa shape index (κ1) is 20.7. The fourth-order valence-corrected chi connectivity index (χ4v) is 3.37. The maximum absolute atomic E-state index is 13.1. The normalized spacial score (nSPS) is 12.1. The predicted octanol–water partition coefficient (Wildman–Crippen LogP) is 1.61. The van der Waals surface area contributed by atoms with Crippen LogP contribution in [0, 0.1) is 0 Å². The summed E-state index contributed by atoms with van der Waals surface area (Å²) in [4.78, 5) is 33.7. The van der Waals surface area contributed by atoms with Gasteiger partial charge in [-0.3, -0.25) is 19.1 Å². The molecular weight excluding hydrogens is 368 g/mol. The van der Waals surface area contributed by atoms with E-state index in [2.05, 4.69) is 10.3 Å². The van der Waals surface area contributed by atoms with Gasteiger partial charge in [0.2, 0.25) is 0 Å². The van der Waals surface area contributed by atoms with Gasteiger partial charge in [0.05, 0.1) is 24.6 Å². The second-order valence-electron chi connectivity index (χ2n) is 7.01. The first-order valence-electron chi connectivity index (χ1n) is 9.89. The predicted molar refractivity (Wildman–Crippen MR) is 110 cm³/mol. The van der Waals surface area contributed by atoms with Crippen molar-refractivity contribution in [3.63, 3.8) is 0 Å². The lowest BCUT2D eigenvalue weighted by molar-refractivity contribution is -0.693. The van der Waals surface area contributed by atoms with Gasteiger partial charge in [-0.15, -0.1) is 0 Å². The van der Waals surface area contributed by atoms with E-state index in [-0.39, 0.29) is 24.0 Å². The number of methoxy groups -OCH3 is 1. The third kappa shape index (κ3) is 5.26. The van der Waals surface area contributed by atoms with Crippen LogP contribution in [0.5, 0.6) is 0 Å². The van der Waals surface area contributed by atoms with Gasteiger partial charge in [0.1, 0.15) is 6.04 Å². The van der Waals surface area contributed by atoms with Gasteiger partial charge in [-0.1, -0.05) is 18.2 Å². The molecule has 2 N–H and O–H groups in total. The Kier molecular flexibility index (Phi) is 7.08. The number of benzene rings is 1. The number of pyridine rings is 1. The number of quaternary nitrogens is 1. The lowest BCUT2D eigenvalue weighted by atomic mass is 10.2. The van der Waals surface area contributed by atoms with Crippen molar-refractivity contribution in [3.05, 3.63) is 70.5 Å². The van der Waals surface area contributed by atoms with Crippen molar-refractivity contribution >= 4 is 16.9 Å². The van der Waals surface area contributed by atoms with Crippen LogP contribution >= 0.6 is 0 Å². The summed E-state index contributed by atoms with van der Waals surface area (Å²) in [6.45, 7) is 3.31. The number of ether oxygens (including phenoxy) is 1. The maximum Gasteiger partial charge on any atom is 0.305 e. The topological polar surface area (TPSA) is 90.7 Å². The summed E-state index contributed by atoms with van der Waals surface area (Å²) in [6, 6.07) is 13.3. The number of nitrogens with zero attached hydrogens (tertiary/aromatic N) is 3. The summed E-state index contributed by atoms with van der Waals surface area (Å²) in [5.41, 5.74) is 1.67. The Hall–Kier alpha value is -3.06. The molecule has 0 saturated carbocycles. The molecule has 152 valence electrons. The average molecular weight is 395 g/mol. The van der Waals surface area contributed by atoms with Crippen LogP contribution in [-0.4, -0.2) is 34.2 Å². The number of hydrogen-bond donors (Lipinski definition) is 1. The maximum atomic E-state index is 13.1. The molecule has 0 aliphatic carbocycles. The third-order valence-corrected chi connectivity index (χ3v) is 4.94. The molecule has 29 heavy (non-hydrogen) atoms. The number of para-hydroxylation sites is 1. The highest BCUT2D eigenvalue weighted by Crippen LogP contribution is 2.12. The van der Waals surface area contributed by atoms with E-state index in [1.807, 2.05) is 43.3 Å². The van der Waals surface area contributed by atoms with Gasteiger partial charge in [-0.05, 0) is 37.6 Å². The second kappa shape index (κ2) is 9.93. The van der Waals surface area contributed by atoms with E-state index < -0.39 is 0 Å². The zero-order valence-electron chi connectivity index (χ0n) is 16.9. The smallest absolute Gasteiger partial charge is 0.305 e. The van der Waals surface area contributed by atoms with Gasteiger partial charge < -0.3 is 10.1 Å². The number of fused-ring (bicyclic) bond motifs is 1. The van der Waals surface area contributed by atoms with Crippen molar-refractivity contribution in [1.82, 2.24) is 14.5 Å². The van der Waals surface area contributed by atoms with Crippen LogP contribution in [-0.2, 0) is 22.5 Å². The Balaban J connectivity index is 1.80. The van der Waals surface area contributed by atoms with E-state index in [0.717, 1.165) is 24.5 Å². The summed E-state index contributed by atoms with van der Waals surface area (Å²) in [7, 11) is 1.37. The minimum absolute atomic E-state index is 0.00542. The molecule has 0 unspecified atom stereocenters. The minimum Gasteiger partial charge on any atom is -0.469 e. The van der Waals surface area contributed by atoms with Crippen LogP contribution in [0.4, 0.5) is 0 Å². The molecule has 0 saturated heterocycles. The molecule has 0 aliphatic heterocycles. The summed E-state index contributed by atoms with van der Waals surface area (Å²) < 4.78 is 6.41. The molecule has 0 bridgehead atoms. The van der Waals surface area contributed by atoms with Crippen LogP contribution < -0.4 is 10.9 Å². The molecule has 0 radical (unpaired) electrons. The van der Waals surface area contributed by atoms with Crippen molar-refractivity contribution in [1.29, 1.82) is 0 Å². The molecule has 0 spiro atoms. The van der Waals surface area contributed by atoms with Gasteiger partial charge in [0.25, 0.3) is 5.56 Å². The Morgan fingerprint density at radius 1 is 1.21 bits per heavy atom. The minimum atomic E-state index is -0.275. The summed E-state index contributed by atoms with van der Waals surface area (Å²) in [5.74, 6) is 0.447. The third-order valence-electron chi connectivity index (χ3n) is 4.94. The number of carbonyl (C=O) groups excluding carboxylic acids is 1. The molecule has 1 aromatic carbocycles. The van der Waals surface area contributed by atoms with Gasteiger partial charge in [0, 0.05) is 31.3 Å². The standard InChI is InChI=1S/C22H26N4O3/c1-16(23-14-12-17-8-5-6-13-24-17)21-25-19-10-4-3-9-18(19)22(28)26(21)15-7-11-20(27)29-2/h3-6,8-10,13,16,23H,7,11-12,14-15H2,1-2H3/p+1/t16-/m1/s1. The monoisotopic (exact) mass is 395 g/mol. The molecule has 7 nitrogen and oxygen atoms in total. The van der Waals surface area contributed by atoms with E-state index in [0.29, 0.717) is 23.9 Å². The molecule has 2 aromatic heterocycles. The molecular formula is C22H27N4O3+. The highest BCUT2D eigenvalue weighted by Gasteiger charge is 2.19. The summed E-state index contributed by atoms with van der Waals surface area (Å²) in [5, 5.41) is 2.76. The molecule has 1 atom stereocenters. The SMILES string of the molecule is COC(=O)CCCn1c([C@@H](C)[NH2+]CCc2ccccn2)nc2ccccc2c1=O. The first-order valence-corrected chi connectivity index (χ1v) is 9.89. The molecule has 3 rings (SSSR count). The molecule has 2 heterocycles. The fraction of sp³-hybridized carbons (Fsp3) is 0.364. The Bertz CT molecular complexity index is 1020. The molecule has 0 amide bonds. The van der Waals surface area contributed by atoms with E-state index in [1.165, 1.54) is 7.11 Å². The zero-order valence-corrected chi connectivity index (χ0v) is 16.9. The number of esters is 1. The van der Waals surface area contributed by atoms with E-state index >= 15 is 0 Å². The second-order valence-corrected chi connectivity index (χ2v) is 7.01. The highest BCUT2D eigenvalue weighted by molar-refractivity contribution is 5.77. The molecule has 7 heteroatoms. The van der Waals surface area contributed by atoms with Crippen LogP contribution in [0.3, 0.4) is 0 Å². The van der Waals surface area contributed by atoms with Gasteiger partial charge in [-0.25, -0.2) is 4.98 Å². The largest absolute Gasteiger partial charge is 0.469 e. The van der Waals surface area contributed by atoms with Gasteiger partial charge >= 0.3 is 5.97 Å². The van der Waals surface area contributed by atoms with Gasteiger partial charge in [0.15, 0.2) is 5.82 Å². The number of nitrogens with two attached hydrogens (primary N) is 1.